The van der Waals surface area contributed by atoms with Gasteiger partial charge in [-0.3, -0.25) is 4.21 Å². The Morgan fingerprint density at radius 3 is 2.45 bits per heavy atom. The van der Waals surface area contributed by atoms with Gasteiger partial charge >= 0.3 is 18.2 Å². The smallest absolute Gasteiger partial charge is 0.411 e. The Bertz CT molecular complexity index is 1390. The molecule has 6 rings (SSSR count). The summed E-state index contributed by atoms with van der Waals surface area (Å²) in [7, 11) is -1.50. The first-order valence-electron chi connectivity index (χ1n) is 18.2. The molecule has 1 aromatic rings. The number of ether oxygens (including phenoxy) is 1. The van der Waals surface area contributed by atoms with Crippen LogP contribution in [-0.2, 0) is 17.2 Å². The zero-order valence-corrected chi connectivity index (χ0v) is 29.2. The molecule has 2 saturated carbocycles. The van der Waals surface area contributed by atoms with E-state index in [0.717, 1.165) is 75.7 Å². The quantitative estimate of drug-likeness (QED) is 0.150. The number of halogens is 5. The molecule has 6 atom stereocenters. The van der Waals surface area contributed by atoms with Crippen molar-refractivity contribution in [2.45, 2.75) is 114 Å². The zero-order valence-electron chi connectivity index (χ0n) is 28.4. The zero-order chi connectivity index (χ0) is 35.0. The molecule has 1 aromatic carbocycles. The summed E-state index contributed by atoms with van der Waals surface area (Å²) in [6.45, 7) is 5.86. The third-order valence-corrected chi connectivity index (χ3v) is 14.0. The molecule has 4 fully saturated rings. The fraction of sp³-hybridized carbons (Fsp3) is 0.778. The maximum atomic E-state index is 13.3. The van der Waals surface area contributed by atoms with Gasteiger partial charge < -0.3 is 19.7 Å². The van der Waals surface area contributed by atoms with E-state index in [1.165, 1.54) is 18.4 Å². The number of oxime groups is 1. The lowest BCUT2D eigenvalue weighted by molar-refractivity contribution is -0.284. The number of hydrogen-bond donors (Lipinski definition) is 1. The van der Waals surface area contributed by atoms with Crippen molar-refractivity contribution in [1.82, 2.24) is 9.80 Å². The average Bonchev–Trinajstić information content (AvgIpc) is 3.72. The lowest BCUT2D eigenvalue weighted by atomic mass is 9.52. The highest BCUT2D eigenvalue weighted by Gasteiger charge is 2.57. The Balaban J connectivity index is 1.11. The molecule has 5 aliphatic rings. The van der Waals surface area contributed by atoms with Gasteiger partial charge in [0.05, 0.1) is 5.71 Å². The molecule has 0 bridgehead atoms. The lowest BCUT2D eigenvalue weighted by Crippen LogP contribution is -2.47. The molecular weight excluding hydrogens is 665 g/mol. The first-order valence-corrected chi connectivity index (χ1v) is 19.6. The summed E-state index contributed by atoms with van der Waals surface area (Å²) in [5.41, 5.74) is 3.05. The fourth-order valence-corrected chi connectivity index (χ4v) is 11.1. The molecule has 0 spiro atoms. The normalized spacial score (nSPS) is 31.0. The second-order valence-corrected chi connectivity index (χ2v) is 17.0. The van der Waals surface area contributed by atoms with Crippen molar-refractivity contribution >= 4 is 22.6 Å². The number of piperidine rings is 1. The second kappa shape index (κ2) is 14.8. The van der Waals surface area contributed by atoms with Gasteiger partial charge in [0.15, 0.2) is 0 Å². The van der Waals surface area contributed by atoms with Gasteiger partial charge in [0.2, 0.25) is 0 Å². The highest BCUT2D eigenvalue weighted by atomic mass is 32.2. The number of carbonyl (C=O) groups is 1. The topological polar surface area (TPSA) is 82.4 Å². The number of carbonyl (C=O) groups excluding carboxylic acids is 1. The minimum Gasteiger partial charge on any atom is -0.411 e. The van der Waals surface area contributed by atoms with E-state index in [9.17, 15) is 36.2 Å². The molecule has 0 aromatic heterocycles. The summed E-state index contributed by atoms with van der Waals surface area (Å²) in [6, 6.07) is 6.54. The van der Waals surface area contributed by atoms with Gasteiger partial charge in [0, 0.05) is 53.3 Å². The molecule has 2 saturated heterocycles. The number of nitrogens with zero attached hydrogens (tertiary/aromatic N) is 3. The highest BCUT2D eigenvalue weighted by Crippen LogP contribution is 2.62. The summed E-state index contributed by atoms with van der Waals surface area (Å²) < 4.78 is 82.8. The predicted octanol–water partition coefficient (Wildman–Crippen LogP) is 8.16. The predicted molar refractivity (Wildman–Crippen MR) is 178 cm³/mol. The molecule has 2 heterocycles. The number of hydrogen-bond acceptors (Lipinski definition) is 6. The third-order valence-electron chi connectivity index (χ3n) is 12.5. The number of fused-ring (bicyclic) bond motifs is 5. The number of amides is 1. The van der Waals surface area contributed by atoms with Gasteiger partial charge in [-0.25, -0.2) is 4.79 Å². The van der Waals surface area contributed by atoms with Crippen LogP contribution in [0, 0.1) is 23.2 Å². The third kappa shape index (κ3) is 7.67. The summed E-state index contributed by atoms with van der Waals surface area (Å²) in [5, 5.41) is 13.5. The van der Waals surface area contributed by atoms with Crippen LogP contribution in [0.25, 0.3) is 0 Å². The van der Waals surface area contributed by atoms with Crippen LogP contribution in [0.1, 0.15) is 101 Å². The highest BCUT2D eigenvalue weighted by molar-refractivity contribution is 7.84. The Morgan fingerprint density at radius 1 is 1.04 bits per heavy atom. The number of likely N-dealkylation sites (tertiary alicyclic amines) is 2. The molecule has 2 aliphatic heterocycles. The van der Waals surface area contributed by atoms with E-state index in [2.05, 4.69) is 23.0 Å². The molecule has 1 N–H and O–H groups in total. The molecule has 7 nitrogen and oxygen atoms in total. The molecule has 1 unspecified atom stereocenters. The minimum atomic E-state index is -5.60. The Kier molecular flexibility index (Phi) is 11.0. The fourth-order valence-electron chi connectivity index (χ4n) is 9.96. The van der Waals surface area contributed by atoms with Crippen molar-refractivity contribution in [3.05, 3.63) is 29.3 Å². The van der Waals surface area contributed by atoms with E-state index in [1.807, 2.05) is 12.1 Å². The van der Waals surface area contributed by atoms with Crippen LogP contribution in [0.2, 0.25) is 0 Å². The summed E-state index contributed by atoms with van der Waals surface area (Å²) in [5.74, 6) is -3.10. The van der Waals surface area contributed by atoms with E-state index in [-0.39, 0.29) is 34.8 Å². The first-order chi connectivity index (χ1) is 23.3. The minimum absolute atomic E-state index is 0.188. The van der Waals surface area contributed by atoms with Crippen LogP contribution >= 0.6 is 0 Å². The van der Waals surface area contributed by atoms with Gasteiger partial charge in [0.1, 0.15) is 5.75 Å². The Morgan fingerprint density at radius 2 is 1.76 bits per heavy atom. The standard InChI is InChI=1S/C36H50F5N3O4S/c1-34-15-11-29-28-8-7-27(48-33(45)44-18-12-26(13-19-44)43-16-2-3-17-43)23-25(28)22-24(32(29)30(34)9-10-31(34)42-46)6-4-20-49(47)21-5-14-35(37,38)36(39,40)41/h7-8,23-24,26,29-30,32,46H,2-6,9-22H2,1H3/b42-31-/t24-,29-,30+,32-,34+,49?/m1/s1. The maximum Gasteiger partial charge on any atom is 0.453 e. The van der Waals surface area contributed by atoms with Gasteiger partial charge in [0.25, 0.3) is 0 Å². The van der Waals surface area contributed by atoms with Gasteiger partial charge in [-0.2, -0.15) is 22.0 Å². The van der Waals surface area contributed by atoms with E-state index >= 15 is 0 Å². The summed E-state index contributed by atoms with van der Waals surface area (Å²) >= 11 is 0. The van der Waals surface area contributed by atoms with E-state index in [4.69, 9.17) is 4.74 Å². The van der Waals surface area contributed by atoms with Crippen molar-refractivity contribution in [1.29, 1.82) is 0 Å². The molecule has 3 aliphatic carbocycles. The van der Waals surface area contributed by atoms with Crippen molar-refractivity contribution in [2.75, 3.05) is 37.7 Å². The first kappa shape index (κ1) is 36.5. The van der Waals surface area contributed by atoms with Crippen molar-refractivity contribution in [3.63, 3.8) is 0 Å². The van der Waals surface area contributed by atoms with E-state index < -0.39 is 35.7 Å². The SMILES string of the molecule is C[C@]12CC[C@@H]3c4ccc(OC(=O)N5CCC(N6CCCC6)CC5)cc4C[C@@H](CCCS(=O)CCCC(F)(F)C(F)(F)F)[C@H]3[C@@H]1CC/C2=N/O. The van der Waals surface area contributed by atoms with Gasteiger partial charge in [-0.05, 0) is 137 Å². The monoisotopic (exact) mass is 715 g/mol. The van der Waals surface area contributed by atoms with Crippen molar-refractivity contribution in [2.24, 2.45) is 28.3 Å². The van der Waals surface area contributed by atoms with Crippen LogP contribution < -0.4 is 4.74 Å². The summed E-state index contributed by atoms with van der Waals surface area (Å²) in [4.78, 5) is 17.5. The van der Waals surface area contributed by atoms with Gasteiger partial charge in [-0.1, -0.05) is 18.1 Å². The van der Waals surface area contributed by atoms with Crippen LogP contribution in [0.15, 0.2) is 23.4 Å². The molecule has 274 valence electrons. The Hall–Kier alpha value is -2.28. The van der Waals surface area contributed by atoms with Crippen molar-refractivity contribution in [3.8, 4) is 5.75 Å². The van der Waals surface area contributed by atoms with Gasteiger partial charge in [-0.15, -0.1) is 0 Å². The van der Waals surface area contributed by atoms with Crippen LogP contribution in [0.3, 0.4) is 0 Å². The molecule has 1 amide bonds. The van der Waals surface area contributed by atoms with E-state index in [0.29, 0.717) is 43.1 Å². The number of benzene rings is 1. The molecule has 49 heavy (non-hydrogen) atoms. The lowest BCUT2D eigenvalue weighted by Gasteiger charge is -2.52. The summed E-state index contributed by atoms with van der Waals surface area (Å²) in [6.07, 6.45) is 2.22. The van der Waals surface area contributed by atoms with Crippen LogP contribution in [0.4, 0.5) is 26.7 Å². The maximum absolute atomic E-state index is 13.3. The van der Waals surface area contributed by atoms with E-state index in [1.54, 1.807) is 4.90 Å². The molecule has 0 radical (unpaired) electrons. The molecular formula is C36H50F5N3O4S. The average molecular weight is 716 g/mol. The Labute approximate surface area is 288 Å². The van der Waals surface area contributed by atoms with Crippen LogP contribution in [0.5, 0.6) is 5.75 Å². The number of alkyl halides is 5. The second-order valence-electron chi connectivity index (χ2n) is 15.3. The largest absolute Gasteiger partial charge is 0.453 e. The van der Waals surface area contributed by atoms with Crippen molar-refractivity contribution < 1.29 is 40.9 Å². The van der Waals surface area contributed by atoms with Crippen LogP contribution in [-0.4, -0.2) is 86.8 Å². The number of rotatable bonds is 10. The molecule has 13 heteroatoms.